The van der Waals surface area contributed by atoms with Crippen LogP contribution in [0.4, 0.5) is 13.6 Å². The number of urea groups is 1. The summed E-state index contributed by atoms with van der Waals surface area (Å²) in [7, 11) is 0. The number of carbonyl (C=O) groups is 1. The first kappa shape index (κ1) is 17.3. The van der Waals surface area contributed by atoms with E-state index < -0.39 is 12.0 Å². The molecule has 140 valence electrons. The maximum absolute atomic E-state index is 13.4. The molecule has 0 bridgehead atoms. The van der Waals surface area contributed by atoms with Crippen molar-refractivity contribution >= 4 is 12.2 Å². The molecule has 1 aromatic heterocycles. The maximum Gasteiger partial charge on any atom is 0.341 e. The third kappa shape index (κ3) is 3.56. The van der Waals surface area contributed by atoms with Gasteiger partial charge in [0.1, 0.15) is 12.0 Å². The van der Waals surface area contributed by atoms with Gasteiger partial charge in [-0.3, -0.25) is 4.98 Å². The van der Waals surface area contributed by atoms with Gasteiger partial charge < -0.3 is 9.64 Å². The second kappa shape index (κ2) is 7.26. The molecule has 1 aliphatic carbocycles. The number of ether oxygens (including phenoxy) is 1. The highest BCUT2D eigenvalue weighted by molar-refractivity contribution is 5.79. The first-order chi connectivity index (χ1) is 12.6. The van der Waals surface area contributed by atoms with Gasteiger partial charge in [0.15, 0.2) is 0 Å². The fourth-order valence-corrected chi connectivity index (χ4v) is 3.74. The van der Waals surface area contributed by atoms with E-state index in [1.165, 1.54) is 11.1 Å². The Morgan fingerprint density at radius 3 is 2.65 bits per heavy atom. The average Bonchev–Trinajstić information content (AvgIpc) is 3.08. The van der Waals surface area contributed by atoms with E-state index >= 15 is 0 Å². The lowest BCUT2D eigenvalue weighted by Crippen LogP contribution is -2.58. The third-order valence-electron chi connectivity index (χ3n) is 5.24. The van der Waals surface area contributed by atoms with E-state index in [-0.39, 0.29) is 24.3 Å². The molecular weight excluding hydrogens is 342 g/mol. The van der Waals surface area contributed by atoms with E-state index in [9.17, 15) is 13.6 Å². The number of nitrogens with zero attached hydrogens (tertiary/aromatic N) is 4. The molecule has 26 heavy (non-hydrogen) atoms. The Labute approximate surface area is 150 Å². The van der Waals surface area contributed by atoms with Crippen LogP contribution in [-0.2, 0) is 4.74 Å². The van der Waals surface area contributed by atoms with Gasteiger partial charge in [0, 0.05) is 18.8 Å². The molecule has 8 heteroatoms. The van der Waals surface area contributed by atoms with Crippen molar-refractivity contribution in [3.8, 4) is 0 Å². The lowest BCUT2D eigenvalue weighted by molar-refractivity contribution is -0.0956. The number of amides is 2. The van der Waals surface area contributed by atoms with E-state index in [0.29, 0.717) is 37.9 Å². The zero-order chi connectivity index (χ0) is 18.1. The summed E-state index contributed by atoms with van der Waals surface area (Å²) in [4.78, 5) is 18.2. The van der Waals surface area contributed by atoms with Crippen molar-refractivity contribution in [2.24, 2.45) is 5.10 Å². The second-order valence-electron chi connectivity index (χ2n) is 7.15. The van der Waals surface area contributed by atoms with Gasteiger partial charge in [-0.2, -0.15) is 5.10 Å². The Bertz CT molecular complexity index is 688. The quantitative estimate of drug-likeness (QED) is 0.828. The molecule has 1 saturated carbocycles. The van der Waals surface area contributed by atoms with Gasteiger partial charge in [0.25, 0.3) is 0 Å². The molecule has 0 radical (unpaired) electrons. The van der Waals surface area contributed by atoms with Gasteiger partial charge >= 0.3 is 6.03 Å². The zero-order valence-corrected chi connectivity index (χ0v) is 14.4. The molecule has 0 spiro atoms. The highest BCUT2D eigenvalue weighted by atomic mass is 19.1. The van der Waals surface area contributed by atoms with Gasteiger partial charge in [0.2, 0.25) is 0 Å². The molecule has 1 atom stereocenters. The number of pyridine rings is 1. The fraction of sp³-hybridized carbons (Fsp3) is 0.611. The summed E-state index contributed by atoms with van der Waals surface area (Å²) in [5.74, 6) is -0.429. The van der Waals surface area contributed by atoms with Crippen molar-refractivity contribution in [2.45, 2.75) is 56.5 Å². The van der Waals surface area contributed by atoms with Gasteiger partial charge in [-0.05, 0) is 37.3 Å². The van der Waals surface area contributed by atoms with Crippen molar-refractivity contribution in [2.75, 3.05) is 13.1 Å². The van der Waals surface area contributed by atoms with Crippen LogP contribution in [0.2, 0.25) is 0 Å². The van der Waals surface area contributed by atoms with Crippen molar-refractivity contribution in [3.63, 3.8) is 0 Å². The fourth-order valence-electron chi connectivity index (χ4n) is 3.74. The van der Waals surface area contributed by atoms with E-state index in [1.807, 2.05) is 0 Å². The van der Waals surface area contributed by atoms with E-state index in [4.69, 9.17) is 4.74 Å². The number of rotatable bonds is 3. The number of hydrogen-bond donors (Lipinski definition) is 0. The minimum Gasteiger partial charge on any atom is -0.371 e. The first-order valence-corrected chi connectivity index (χ1v) is 9.10. The molecule has 1 saturated heterocycles. The van der Waals surface area contributed by atoms with Crippen LogP contribution in [0.5, 0.6) is 0 Å². The van der Waals surface area contributed by atoms with Crippen LogP contribution in [0.25, 0.3) is 0 Å². The summed E-state index contributed by atoms with van der Waals surface area (Å²) >= 11 is 0. The number of carbonyl (C=O) groups excluding carboxylic acids is 1. The Morgan fingerprint density at radius 2 is 1.92 bits per heavy atom. The van der Waals surface area contributed by atoms with Crippen molar-refractivity contribution in [1.82, 2.24) is 14.9 Å². The third-order valence-corrected chi connectivity index (χ3v) is 5.24. The number of hydrazone groups is 1. The summed E-state index contributed by atoms with van der Waals surface area (Å²) in [6.45, 7) is 1.02. The van der Waals surface area contributed by atoms with Crippen LogP contribution in [0.3, 0.4) is 0 Å². The van der Waals surface area contributed by atoms with E-state index in [0.717, 1.165) is 19.0 Å². The lowest BCUT2D eigenvalue weighted by atomic mass is 9.95. The normalized spacial score (nSPS) is 29.1. The lowest BCUT2D eigenvalue weighted by Gasteiger charge is -2.43. The van der Waals surface area contributed by atoms with Crippen LogP contribution in [0.1, 0.15) is 43.7 Å². The van der Waals surface area contributed by atoms with Crippen molar-refractivity contribution in [3.05, 3.63) is 29.8 Å². The van der Waals surface area contributed by atoms with Crippen molar-refractivity contribution in [1.29, 1.82) is 0 Å². The van der Waals surface area contributed by atoms with Crippen LogP contribution < -0.4 is 0 Å². The summed E-state index contributed by atoms with van der Waals surface area (Å²) in [6, 6.07) is 0.849. The molecule has 4 rings (SSSR count). The number of likely N-dealkylation sites (tertiary alicyclic amines) is 1. The van der Waals surface area contributed by atoms with Crippen LogP contribution in [0, 0.1) is 5.82 Å². The number of halogens is 2. The molecule has 3 aliphatic rings. The molecule has 6 nitrogen and oxygen atoms in total. The Balaban J connectivity index is 1.30. The summed E-state index contributed by atoms with van der Waals surface area (Å²) in [5.41, 5.74) is 0.632. The monoisotopic (exact) mass is 364 g/mol. The molecule has 2 aliphatic heterocycles. The van der Waals surface area contributed by atoms with Gasteiger partial charge in [-0.1, -0.05) is 0 Å². The van der Waals surface area contributed by atoms with Crippen LogP contribution in [-0.4, -0.2) is 58.6 Å². The Hall–Kier alpha value is -2.09. The molecule has 2 fully saturated rings. The topological polar surface area (TPSA) is 58.0 Å². The summed E-state index contributed by atoms with van der Waals surface area (Å²) in [5, 5.41) is 5.55. The second-order valence-corrected chi connectivity index (χ2v) is 7.15. The predicted molar refractivity (Wildman–Crippen MR) is 90.9 cm³/mol. The van der Waals surface area contributed by atoms with Gasteiger partial charge in [-0.15, -0.1) is 0 Å². The van der Waals surface area contributed by atoms with Crippen LogP contribution >= 0.6 is 0 Å². The SMILES string of the molecule is O=C(N1CC(OC2CCC(F)CC2)C1)N1N=CC[C@H]1c1cncc(F)c1. The van der Waals surface area contributed by atoms with Crippen LogP contribution in [0.15, 0.2) is 23.6 Å². The molecule has 0 unspecified atom stereocenters. The minimum absolute atomic E-state index is 0.000908. The average molecular weight is 364 g/mol. The Morgan fingerprint density at radius 1 is 1.15 bits per heavy atom. The van der Waals surface area contributed by atoms with Gasteiger partial charge in [-0.25, -0.2) is 18.6 Å². The number of aromatic nitrogens is 1. The summed E-state index contributed by atoms with van der Waals surface area (Å²) in [6.07, 6.45) is 6.92. The number of hydrogen-bond acceptors (Lipinski definition) is 4. The van der Waals surface area contributed by atoms with E-state index in [2.05, 4.69) is 10.1 Å². The predicted octanol–water partition coefficient (Wildman–Crippen LogP) is 3.05. The first-order valence-electron chi connectivity index (χ1n) is 9.10. The molecule has 2 amide bonds. The molecular formula is C18H22F2N4O2. The zero-order valence-electron chi connectivity index (χ0n) is 14.4. The van der Waals surface area contributed by atoms with E-state index in [1.54, 1.807) is 17.3 Å². The smallest absolute Gasteiger partial charge is 0.341 e. The minimum atomic E-state index is -0.698. The highest BCUT2D eigenvalue weighted by Crippen LogP contribution is 2.31. The standard InChI is InChI=1S/C18H22F2N4O2/c19-13-1-3-15(4-2-13)26-16-10-23(11-16)18(25)24-17(5-6-22-24)12-7-14(20)9-21-8-12/h6-9,13,15-17H,1-5,10-11H2/t13?,15?,17-/m0/s1. The number of alkyl halides is 1. The molecule has 0 N–H and O–H groups in total. The maximum atomic E-state index is 13.4. The Kier molecular flexibility index (Phi) is 4.84. The molecule has 0 aromatic carbocycles. The molecule has 1 aromatic rings. The largest absolute Gasteiger partial charge is 0.371 e. The summed E-state index contributed by atoms with van der Waals surface area (Å²) < 4.78 is 32.6. The van der Waals surface area contributed by atoms with Gasteiger partial charge in [0.05, 0.1) is 37.5 Å². The molecule has 3 heterocycles. The highest BCUT2D eigenvalue weighted by Gasteiger charge is 2.39. The van der Waals surface area contributed by atoms with Crippen molar-refractivity contribution < 1.29 is 18.3 Å².